The van der Waals surface area contributed by atoms with E-state index in [2.05, 4.69) is 35.3 Å². The second-order valence-electron chi connectivity index (χ2n) is 6.02. The first-order valence-corrected chi connectivity index (χ1v) is 8.14. The summed E-state index contributed by atoms with van der Waals surface area (Å²) in [4.78, 5) is 18.7. The Morgan fingerprint density at radius 3 is 2.71 bits per heavy atom. The molecule has 1 atom stereocenters. The van der Waals surface area contributed by atoms with E-state index < -0.39 is 0 Å². The monoisotopic (exact) mass is 318 g/mol. The lowest BCUT2D eigenvalue weighted by Crippen LogP contribution is -2.40. The molecule has 4 nitrogen and oxygen atoms in total. The molecule has 0 saturated carbocycles. The van der Waals surface area contributed by atoms with Gasteiger partial charge in [-0.3, -0.25) is 4.79 Å². The number of nitrogens with zero attached hydrogens (tertiary/aromatic N) is 2. The molecule has 120 valence electrons. The van der Waals surface area contributed by atoms with E-state index in [4.69, 9.17) is 4.42 Å². The number of fused-ring (bicyclic) bond motifs is 1. The van der Waals surface area contributed by atoms with Gasteiger partial charge in [-0.15, -0.1) is 0 Å². The number of amides is 1. The van der Waals surface area contributed by atoms with E-state index in [0.717, 1.165) is 12.8 Å². The molecule has 0 fully saturated rings. The molecule has 0 saturated heterocycles. The molecule has 0 N–H and O–H groups in total. The first kappa shape index (κ1) is 14.7. The number of rotatable bonds is 3. The van der Waals surface area contributed by atoms with Gasteiger partial charge in [-0.2, -0.15) is 0 Å². The molecule has 1 aliphatic heterocycles. The fourth-order valence-electron chi connectivity index (χ4n) is 3.42. The topological polar surface area (TPSA) is 46.3 Å². The van der Waals surface area contributed by atoms with Crippen LogP contribution in [-0.2, 0) is 12.8 Å². The van der Waals surface area contributed by atoms with Crippen LogP contribution in [0.4, 0.5) is 0 Å². The van der Waals surface area contributed by atoms with E-state index in [1.807, 2.05) is 29.2 Å². The van der Waals surface area contributed by atoms with Gasteiger partial charge in [0.05, 0.1) is 12.2 Å². The van der Waals surface area contributed by atoms with Crippen molar-refractivity contribution in [3.8, 4) is 0 Å². The minimum atomic E-state index is -0.0945. The highest BCUT2D eigenvalue weighted by atomic mass is 16.3. The smallest absolute Gasteiger partial charge is 0.291 e. The molecule has 1 aliphatic rings. The zero-order valence-corrected chi connectivity index (χ0v) is 13.3. The highest BCUT2D eigenvalue weighted by Crippen LogP contribution is 2.33. The normalized spacial score (nSPS) is 16.7. The van der Waals surface area contributed by atoms with Crippen LogP contribution in [0.2, 0.25) is 0 Å². The average Bonchev–Trinajstić information content (AvgIpc) is 3.17. The predicted molar refractivity (Wildman–Crippen MR) is 90.6 cm³/mol. The van der Waals surface area contributed by atoms with E-state index >= 15 is 0 Å². The molecule has 3 aromatic rings. The quantitative estimate of drug-likeness (QED) is 0.740. The van der Waals surface area contributed by atoms with Gasteiger partial charge >= 0.3 is 0 Å². The lowest BCUT2D eigenvalue weighted by molar-refractivity contribution is 0.0627. The van der Waals surface area contributed by atoms with Gasteiger partial charge in [0.2, 0.25) is 5.76 Å². The second-order valence-corrected chi connectivity index (χ2v) is 6.02. The molecule has 1 amide bonds. The Hall–Kier alpha value is -2.88. The maximum atomic E-state index is 12.9. The molecular formula is C20H18N2O2. The fourth-order valence-corrected chi connectivity index (χ4v) is 3.42. The molecule has 0 aliphatic carbocycles. The van der Waals surface area contributed by atoms with Gasteiger partial charge in [0.15, 0.2) is 6.39 Å². The molecule has 4 heteroatoms. The Morgan fingerprint density at radius 1 is 1.12 bits per heavy atom. The number of hydrogen-bond donors (Lipinski definition) is 0. The average molecular weight is 318 g/mol. The van der Waals surface area contributed by atoms with Crippen LogP contribution in [0.25, 0.3) is 0 Å². The molecular weight excluding hydrogens is 300 g/mol. The Kier molecular flexibility index (Phi) is 3.87. The third kappa shape index (κ3) is 2.71. The lowest BCUT2D eigenvalue weighted by atomic mass is 9.88. The zero-order chi connectivity index (χ0) is 16.4. The number of benzene rings is 2. The standard InChI is InChI=1S/C20H18N2O2/c23-20(19-13-21-14-24-19)22-11-10-16-8-4-5-9-17(16)18(22)12-15-6-2-1-3-7-15/h1-9,13-14,18H,10-12H2. The van der Waals surface area contributed by atoms with Crippen molar-refractivity contribution in [3.63, 3.8) is 0 Å². The summed E-state index contributed by atoms with van der Waals surface area (Å²) in [6, 6.07) is 18.7. The van der Waals surface area contributed by atoms with Gasteiger partial charge in [-0.25, -0.2) is 4.98 Å². The van der Waals surface area contributed by atoms with Crippen molar-refractivity contribution in [2.24, 2.45) is 0 Å². The van der Waals surface area contributed by atoms with Crippen molar-refractivity contribution in [1.82, 2.24) is 9.88 Å². The van der Waals surface area contributed by atoms with Crippen molar-refractivity contribution in [1.29, 1.82) is 0 Å². The molecule has 24 heavy (non-hydrogen) atoms. The summed E-state index contributed by atoms with van der Waals surface area (Å²) < 4.78 is 5.23. The number of oxazole rings is 1. The Morgan fingerprint density at radius 2 is 1.92 bits per heavy atom. The summed E-state index contributed by atoms with van der Waals surface area (Å²) in [6.45, 7) is 0.689. The molecule has 2 heterocycles. The van der Waals surface area contributed by atoms with Crippen LogP contribution in [0.5, 0.6) is 0 Å². The minimum absolute atomic E-state index is 0.00921. The van der Waals surface area contributed by atoms with Crippen LogP contribution in [0.1, 0.15) is 33.3 Å². The van der Waals surface area contributed by atoms with Crippen LogP contribution < -0.4 is 0 Å². The molecule has 1 aromatic heterocycles. The Balaban J connectivity index is 1.71. The van der Waals surface area contributed by atoms with Gasteiger partial charge in [0.1, 0.15) is 0 Å². The molecule has 0 spiro atoms. The van der Waals surface area contributed by atoms with E-state index in [0.29, 0.717) is 12.3 Å². The number of aromatic nitrogens is 1. The van der Waals surface area contributed by atoms with Crippen LogP contribution >= 0.6 is 0 Å². The van der Waals surface area contributed by atoms with Gasteiger partial charge in [-0.1, -0.05) is 54.6 Å². The van der Waals surface area contributed by atoms with Crippen molar-refractivity contribution < 1.29 is 9.21 Å². The van der Waals surface area contributed by atoms with Crippen molar-refractivity contribution in [2.45, 2.75) is 18.9 Å². The third-order valence-corrected chi connectivity index (χ3v) is 4.59. The van der Waals surface area contributed by atoms with E-state index in [-0.39, 0.29) is 11.9 Å². The number of hydrogen-bond acceptors (Lipinski definition) is 3. The van der Waals surface area contributed by atoms with Crippen molar-refractivity contribution in [3.05, 3.63) is 89.6 Å². The first-order valence-electron chi connectivity index (χ1n) is 8.14. The van der Waals surface area contributed by atoms with Crippen LogP contribution in [0.3, 0.4) is 0 Å². The van der Waals surface area contributed by atoms with E-state index in [9.17, 15) is 4.79 Å². The minimum Gasteiger partial charge on any atom is -0.438 e. The summed E-state index contributed by atoms with van der Waals surface area (Å²) in [7, 11) is 0. The van der Waals surface area contributed by atoms with Gasteiger partial charge in [-0.05, 0) is 29.5 Å². The largest absolute Gasteiger partial charge is 0.438 e. The first-order chi connectivity index (χ1) is 11.8. The molecule has 0 radical (unpaired) electrons. The molecule has 4 rings (SSSR count). The van der Waals surface area contributed by atoms with Gasteiger partial charge in [0, 0.05) is 6.54 Å². The second kappa shape index (κ2) is 6.32. The fraction of sp³-hybridized carbons (Fsp3) is 0.200. The van der Waals surface area contributed by atoms with E-state index in [1.54, 1.807) is 0 Å². The molecule has 0 bridgehead atoms. The summed E-state index contributed by atoms with van der Waals surface area (Å²) >= 11 is 0. The van der Waals surface area contributed by atoms with Gasteiger partial charge < -0.3 is 9.32 Å². The third-order valence-electron chi connectivity index (χ3n) is 4.59. The Bertz CT molecular complexity index is 828. The Labute approximate surface area is 140 Å². The van der Waals surface area contributed by atoms with Crippen LogP contribution in [0, 0.1) is 0 Å². The number of carbonyl (C=O) groups excluding carboxylic acids is 1. The molecule has 1 unspecified atom stereocenters. The molecule has 2 aromatic carbocycles. The summed E-state index contributed by atoms with van der Waals surface area (Å²) in [5, 5.41) is 0. The summed E-state index contributed by atoms with van der Waals surface area (Å²) in [6.07, 6.45) is 4.44. The van der Waals surface area contributed by atoms with Crippen LogP contribution in [-0.4, -0.2) is 22.3 Å². The van der Waals surface area contributed by atoms with Crippen LogP contribution in [0.15, 0.2) is 71.6 Å². The zero-order valence-electron chi connectivity index (χ0n) is 13.3. The highest BCUT2D eigenvalue weighted by Gasteiger charge is 2.32. The summed E-state index contributed by atoms with van der Waals surface area (Å²) in [5.41, 5.74) is 3.76. The van der Waals surface area contributed by atoms with Gasteiger partial charge in [0.25, 0.3) is 5.91 Å². The van der Waals surface area contributed by atoms with Crippen molar-refractivity contribution >= 4 is 5.91 Å². The maximum Gasteiger partial charge on any atom is 0.291 e. The SMILES string of the molecule is O=C(c1cnco1)N1CCc2ccccc2C1Cc1ccccc1. The predicted octanol–water partition coefficient (Wildman–Crippen LogP) is 3.66. The number of carbonyl (C=O) groups is 1. The maximum absolute atomic E-state index is 12.9. The van der Waals surface area contributed by atoms with E-state index in [1.165, 1.54) is 29.3 Å². The lowest BCUT2D eigenvalue weighted by Gasteiger charge is -2.37. The highest BCUT2D eigenvalue weighted by molar-refractivity contribution is 5.91. The van der Waals surface area contributed by atoms with Crippen molar-refractivity contribution in [2.75, 3.05) is 6.54 Å². The summed E-state index contributed by atoms with van der Waals surface area (Å²) in [5.74, 6) is 0.204.